The maximum atomic E-state index is 5.46. The number of benzene rings is 1. The highest BCUT2D eigenvalue weighted by molar-refractivity contribution is 5.42. The minimum Gasteiger partial charge on any atom is -0.497 e. The zero-order valence-electron chi connectivity index (χ0n) is 12.5. The molecule has 4 heteroatoms. The molecule has 2 unspecified atom stereocenters. The van der Waals surface area contributed by atoms with E-state index in [0.717, 1.165) is 30.1 Å². The average Bonchev–Trinajstić information content (AvgIpc) is 2.44. The lowest BCUT2D eigenvalue weighted by Gasteiger charge is -2.22. The van der Waals surface area contributed by atoms with Crippen LogP contribution in [0.25, 0.3) is 0 Å². The van der Waals surface area contributed by atoms with E-state index >= 15 is 0 Å². The minimum absolute atomic E-state index is 0.242. The summed E-state index contributed by atoms with van der Waals surface area (Å²) in [5.74, 6) is 2.14. The number of rotatable bonds is 8. The fraction of sp³-hybridized carbons (Fsp3) is 0.600. The summed E-state index contributed by atoms with van der Waals surface area (Å²) in [6.45, 7) is 2.94. The lowest BCUT2D eigenvalue weighted by Crippen LogP contribution is -2.21. The number of hydrogen-bond donors (Lipinski definition) is 1. The zero-order valence-corrected chi connectivity index (χ0v) is 12.5. The Balaban J connectivity index is 2.90. The second-order valence-electron chi connectivity index (χ2n) is 4.75. The van der Waals surface area contributed by atoms with Gasteiger partial charge in [0.2, 0.25) is 0 Å². The van der Waals surface area contributed by atoms with Gasteiger partial charge in [-0.15, -0.1) is 0 Å². The van der Waals surface area contributed by atoms with Crippen molar-refractivity contribution in [3.63, 3.8) is 0 Å². The first-order valence-corrected chi connectivity index (χ1v) is 6.54. The van der Waals surface area contributed by atoms with E-state index in [1.54, 1.807) is 21.3 Å². The van der Waals surface area contributed by atoms with Crippen LogP contribution in [0.5, 0.6) is 11.5 Å². The van der Waals surface area contributed by atoms with Crippen LogP contribution in [0.1, 0.15) is 24.9 Å². The van der Waals surface area contributed by atoms with Crippen molar-refractivity contribution >= 4 is 0 Å². The quantitative estimate of drug-likeness (QED) is 0.786. The molecule has 0 bridgehead atoms. The summed E-state index contributed by atoms with van der Waals surface area (Å²) in [5.41, 5.74) is 1.15. The fourth-order valence-corrected chi connectivity index (χ4v) is 2.26. The molecule has 0 aliphatic heterocycles. The Labute approximate surface area is 116 Å². The van der Waals surface area contributed by atoms with Crippen LogP contribution in [0.2, 0.25) is 0 Å². The van der Waals surface area contributed by atoms with Gasteiger partial charge in [-0.05, 0) is 25.5 Å². The van der Waals surface area contributed by atoms with Gasteiger partial charge in [0, 0.05) is 31.4 Å². The minimum atomic E-state index is 0.242. The molecule has 0 fully saturated rings. The summed E-state index contributed by atoms with van der Waals surface area (Å²) in [5, 5.41) is 3.34. The summed E-state index contributed by atoms with van der Waals surface area (Å²) < 4.78 is 15.9. The first-order valence-electron chi connectivity index (χ1n) is 6.54. The van der Waals surface area contributed by atoms with E-state index in [-0.39, 0.29) is 6.04 Å². The third-order valence-corrected chi connectivity index (χ3v) is 3.25. The third-order valence-electron chi connectivity index (χ3n) is 3.25. The molecule has 2 atom stereocenters. The third kappa shape index (κ3) is 4.40. The van der Waals surface area contributed by atoms with E-state index in [4.69, 9.17) is 14.2 Å². The first-order chi connectivity index (χ1) is 9.15. The van der Waals surface area contributed by atoms with E-state index in [1.165, 1.54) is 0 Å². The molecule has 0 radical (unpaired) electrons. The zero-order chi connectivity index (χ0) is 14.3. The van der Waals surface area contributed by atoms with Crippen LogP contribution in [-0.4, -0.2) is 35.0 Å². The molecule has 0 aliphatic rings. The van der Waals surface area contributed by atoms with E-state index in [2.05, 4.69) is 18.3 Å². The molecule has 0 aliphatic carbocycles. The van der Waals surface area contributed by atoms with Crippen molar-refractivity contribution in [3.8, 4) is 11.5 Å². The average molecular weight is 267 g/mol. The summed E-state index contributed by atoms with van der Waals surface area (Å²) in [6, 6.07) is 6.17. The Bertz CT molecular complexity index is 382. The second kappa shape index (κ2) is 8.02. The Morgan fingerprint density at radius 1 is 1.16 bits per heavy atom. The van der Waals surface area contributed by atoms with Crippen molar-refractivity contribution in [2.24, 2.45) is 5.92 Å². The van der Waals surface area contributed by atoms with E-state index in [9.17, 15) is 0 Å². The van der Waals surface area contributed by atoms with Crippen LogP contribution in [0, 0.1) is 5.92 Å². The van der Waals surface area contributed by atoms with Crippen LogP contribution in [0.4, 0.5) is 0 Å². The molecule has 0 saturated heterocycles. The van der Waals surface area contributed by atoms with Crippen LogP contribution in [0.3, 0.4) is 0 Å². The van der Waals surface area contributed by atoms with Crippen molar-refractivity contribution in [1.82, 2.24) is 5.32 Å². The molecule has 1 aromatic carbocycles. The van der Waals surface area contributed by atoms with Crippen LogP contribution < -0.4 is 14.8 Å². The number of nitrogens with one attached hydrogen (secondary N) is 1. The van der Waals surface area contributed by atoms with Crippen molar-refractivity contribution in [2.75, 3.05) is 35.0 Å². The summed E-state index contributed by atoms with van der Waals surface area (Å²) in [7, 11) is 7.04. The number of methoxy groups -OCH3 is 3. The number of hydrogen-bond acceptors (Lipinski definition) is 4. The molecule has 0 spiro atoms. The highest BCUT2D eigenvalue weighted by Gasteiger charge is 2.18. The summed E-state index contributed by atoms with van der Waals surface area (Å²) >= 11 is 0. The highest BCUT2D eigenvalue weighted by Crippen LogP contribution is 2.32. The Morgan fingerprint density at radius 3 is 2.42 bits per heavy atom. The second-order valence-corrected chi connectivity index (χ2v) is 4.75. The molecule has 1 rings (SSSR count). The van der Waals surface area contributed by atoms with Gasteiger partial charge in [0.25, 0.3) is 0 Å². The standard InChI is InChI=1S/C15H25NO3/c1-11(10-17-3)8-14(16-2)13-7-6-12(18-4)9-15(13)19-5/h6-7,9,11,14,16H,8,10H2,1-5H3. The molecule has 4 nitrogen and oxygen atoms in total. The molecule has 0 saturated carbocycles. The van der Waals surface area contributed by atoms with E-state index in [1.807, 2.05) is 19.2 Å². The topological polar surface area (TPSA) is 39.7 Å². The molecule has 1 aromatic rings. The van der Waals surface area contributed by atoms with Crippen molar-refractivity contribution in [2.45, 2.75) is 19.4 Å². The number of ether oxygens (including phenoxy) is 3. The Morgan fingerprint density at radius 2 is 1.89 bits per heavy atom. The first kappa shape index (κ1) is 15.8. The maximum absolute atomic E-state index is 5.46. The predicted octanol–water partition coefficient (Wildman–Crippen LogP) is 2.64. The molecule has 0 heterocycles. The van der Waals surface area contributed by atoms with Crippen LogP contribution in [0.15, 0.2) is 18.2 Å². The monoisotopic (exact) mass is 267 g/mol. The van der Waals surface area contributed by atoms with Crippen molar-refractivity contribution in [3.05, 3.63) is 23.8 Å². The predicted molar refractivity (Wildman–Crippen MR) is 77.0 cm³/mol. The van der Waals surface area contributed by atoms with E-state index in [0.29, 0.717) is 5.92 Å². The lowest BCUT2D eigenvalue weighted by molar-refractivity contribution is 0.149. The van der Waals surface area contributed by atoms with Gasteiger partial charge in [-0.3, -0.25) is 0 Å². The SMILES string of the molecule is CNC(CC(C)COC)c1ccc(OC)cc1OC. The normalized spacial score (nSPS) is 13.9. The molecule has 0 aromatic heterocycles. The molecular formula is C15H25NO3. The summed E-state index contributed by atoms with van der Waals surface area (Å²) in [6.07, 6.45) is 0.993. The molecule has 1 N–H and O–H groups in total. The van der Waals surface area contributed by atoms with Gasteiger partial charge in [0.15, 0.2) is 0 Å². The van der Waals surface area contributed by atoms with Gasteiger partial charge in [-0.1, -0.05) is 13.0 Å². The van der Waals surface area contributed by atoms with Gasteiger partial charge in [0.05, 0.1) is 14.2 Å². The largest absolute Gasteiger partial charge is 0.497 e. The highest BCUT2D eigenvalue weighted by atomic mass is 16.5. The van der Waals surface area contributed by atoms with Gasteiger partial charge in [-0.25, -0.2) is 0 Å². The van der Waals surface area contributed by atoms with Gasteiger partial charge < -0.3 is 19.5 Å². The molecule has 19 heavy (non-hydrogen) atoms. The molecule has 108 valence electrons. The Hall–Kier alpha value is -1.26. The molecule has 0 amide bonds. The smallest absolute Gasteiger partial charge is 0.127 e. The lowest BCUT2D eigenvalue weighted by atomic mass is 9.95. The fourth-order valence-electron chi connectivity index (χ4n) is 2.26. The van der Waals surface area contributed by atoms with Crippen LogP contribution >= 0.6 is 0 Å². The van der Waals surface area contributed by atoms with Gasteiger partial charge in [-0.2, -0.15) is 0 Å². The molecular weight excluding hydrogens is 242 g/mol. The van der Waals surface area contributed by atoms with Crippen molar-refractivity contribution < 1.29 is 14.2 Å². The van der Waals surface area contributed by atoms with Crippen LogP contribution in [-0.2, 0) is 4.74 Å². The van der Waals surface area contributed by atoms with Crippen molar-refractivity contribution in [1.29, 1.82) is 0 Å². The van der Waals surface area contributed by atoms with Gasteiger partial charge in [0.1, 0.15) is 11.5 Å². The van der Waals surface area contributed by atoms with Gasteiger partial charge >= 0.3 is 0 Å². The van der Waals surface area contributed by atoms with E-state index < -0.39 is 0 Å². The maximum Gasteiger partial charge on any atom is 0.127 e. The Kier molecular flexibility index (Phi) is 6.67. The summed E-state index contributed by atoms with van der Waals surface area (Å²) in [4.78, 5) is 0.